The molecule has 4 rings (SSSR count). The maximum Gasteiger partial charge on any atom is 0.433 e. The van der Waals surface area contributed by atoms with Crippen molar-refractivity contribution in [3.05, 3.63) is 53.4 Å². The number of nitrogens with zero attached hydrogens (tertiary/aromatic N) is 4. The second kappa shape index (κ2) is 6.22. The minimum atomic E-state index is -4.48. The Morgan fingerprint density at radius 1 is 1.19 bits per heavy atom. The average molecular weight is 366 g/mol. The molecule has 1 saturated carbocycles. The first-order valence-corrected chi connectivity index (χ1v) is 8.14. The van der Waals surface area contributed by atoms with Gasteiger partial charge in [0.15, 0.2) is 5.82 Å². The highest BCUT2D eigenvalue weighted by Crippen LogP contribution is 2.41. The maximum absolute atomic E-state index is 13.7. The number of hydrogen-bond donors (Lipinski definition) is 0. The zero-order valence-electron chi connectivity index (χ0n) is 13.5. The van der Waals surface area contributed by atoms with Crippen LogP contribution in [0.4, 0.5) is 17.6 Å². The molecule has 0 unspecified atom stereocenters. The summed E-state index contributed by atoms with van der Waals surface area (Å²) < 4.78 is 59.3. The van der Waals surface area contributed by atoms with Gasteiger partial charge in [-0.05, 0) is 31.0 Å². The van der Waals surface area contributed by atoms with E-state index in [1.807, 2.05) is 0 Å². The summed E-state index contributed by atoms with van der Waals surface area (Å²) in [5.74, 6) is -0.202. The highest BCUT2D eigenvalue weighted by molar-refractivity contribution is 5.53. The first kappa shape index (κ1) is 16.7. The monoisotopic (exact) mass is 366 g/mol. The normalized spacial score (nSPS) is 14.8. The largest absolute Gasteiger partial charge is 0.433 e. The molecule has 0 atom stereocenters. The van der Waals surface area contributed by atoms with Crippen molar-refractivity contribution in [2.24, 2.45) is 0 Å². The van der Waals surface area contributed by atoms with Crippen LogP contribution in [0.25, 0.3) is 11.5 Å². The Hall–Kier alpha value is -2.71. The molecule has 0 bridgehead atoms. The van der Waals surface area contributed by atoms with Crippen LogP contribution in [0.1, 0.15) is 36.0 Å². The summed E-state index contributed by atoms with van der Waals surface area (Å²) in [7, 11) is 0. The molecule has 2 heterocycles. The molecule has 3 aromatic rings. The van der Waals surface area contributed by atoms with Crippen LogP contribution < -0.4 is 0 Å². The molecule has 136 valence electrons. The standard InChI is InChI=1S/C17H14F4N4O/c18-12-4-2-1-3-11(12)16-22-15(24-26-16)7-8-25-14(17(19,20)21)9-13(23-25)10-5-6-10/h1-4,9-10H,5-8H2. The number of rotatable bonds is 5. The highest BCUT2D eigenvalue weighted by Gasteiger charge is 2.38. The Morgan fingerprint density at radius 3 is 2.65 bits per heavy atom. The molecule has 1 aliphatic rings. The van der Waals surface area contributed by atoms with Crippen LogP contribution in [-0.4, -0.2) is 19.9 Å². The molecule has 0 saturated heterocycles. The number of benzene rings is 1. The van der Waals surface area contributed by atoms with Crippen molar-refractivity contribution in [1.29, 1.82) is 0 Å². The molecule has 2 aromatic heterocycles. The third-order valence-electron chi connectivity index (χ3n) is 4.20. The molecule has 1 aliphatic carbocycles. The summed E-state index contributed by atoms with van der Waals surface area (Å²) in [6.45, 7) is -0.0438. The minimum absolute atomic E-state index is 0.00622. The second-order valence-corrected chi connectivity index (χ2v) is 6.20. The van der Waals surface area contributed by atoms with Gasteiger partial charge in [0.1, 0.15) is 11.5 Å². The molecule has 0 radical (unpaired) electrons. The van der Waals surface area contributed by atoms with Crippen LogP contribution in [0.15, 0.2) is 34.9 Å². The summed E-state index contributed by atoms with van der Waals surface area (Å²) in [6.07, 6.45) is -2.65. The number of aryl methyl sites for hydroxylation is 2. The fourth-order valence-electron chi connectivity index (χ4n) is 2.72. The lowest BCUT2D eigenvalue weighted by Gasteiger charge is -2.08. The van der Waals surface area contributed by atoms with E-state index in [1.54, 1.807) is 6.07 Å². The van der Waals surface area contributed by atoms with Gasteiger partial charge in [0, 0.05) is 18.9 Å². The van der Waals surface area contributed by atoms with Gasteiger partial charge < -0.3 is 4.52 Å². The predicted molar refractivity (Wildman–Crippen MR) is 82.6 cm³/mol. The van der Waals surface area contributed by atoms with E-state index in [1.165, 1.54) is 18.2 Å². The third-order valence-corrected chi connectivity index (χ3v) is 4.20. The van der Waals surface area contributed by atoms with Crippen LogP contribution in [0, 0.1) is 5.82 Å². The van der Waals surface area contributed by atoms with Crippen LogP contribution in [0.5, 0.6) is 0 Å². The van der Waals surface area contributed by atoms with Crippen LogP contribution >= 0.6 is 0 Å². The zero-order valence-corrected chi connectivity index (χ0v) is 13.5. The van der Waals surface area contributed by atoms with Gasteiger partial charge in [-0.25, -0.2) is 4.39 Å². The summed E-state index contributed by atoms with van der Waals surface area (Å²) in [4.78, 5) is 4.06. The van der Waals surface area contributed by atoms with E-state index >= 15 is 0 Å². The molecule has 26 heavy (non-hydrogen) atoms. The van der Waals surface area contributed by atoms with E-state index in [0.29, 0.717) is 5.69 Å². The Balaban J connectivity index is 1.52. The lowest BCUT2D eigenvalue weighted by molar-refractivity contribution is -0.144. The van der Waals surface area contributed by atoms with E-state index in [9.17, 15) is 17.6 Å². The van der Waals surface area contributed by atoms with Crippen LogP contribution in [0.2, 0.25) is 0 Å². The van der Waals surface area contributed by atoms with E-state index < -0.39 is 17.7 Å². The van der Waals surface area contributed by atoms with Crippen molar-refractivity contribution < 1.29 is 22.1 Å². The van der Waals surface area contributed by atoms with Crippen molar-refractivity contribution in [2.75, 3.05) is 0 Å². The molecular weight excluding hydrogens is 352 g/mol. The number of alkyl halides is 3. The van der Waals surface area contributed by atoms with E-state index in [0.717, 1.165) is 23.6 Å². The van der Waals surface area contributed by atoms with Crippen LogP contribution in [-0.2, 0) is 19.1 Å². The Labute approximate surface area is 145 Å². The topological polar surface area (TPSA) is 56.7 Å². The maximum atomic E-state index is 13.7. The van der Waals surface area contributed by atoms with Crippen molar-refractivity contribution in [3.8, 4) is 11.5 Å². The molecule has 1 fully saturated rings. The van der Waals surface area contributed by atoms with Crippen molar-refractivity contribution in [1.82, 2.24) is 19.9 Å². The first-order valence-electron chi connectivity index (χ1n) is 8.14. The Morgan fingerprint density at radius 2 is 1.96 bits per heavy atom. The van der Waals surface area contributed by atoms with E-state index in [-0.39, 0.29) is 36.2 Å². The predicted octanol–water partition coefficient (Wildman–Crippen LogP) is 4.21. The van der Waals surface area contributed by atoms with Crippen LogP contribution in [0.3, 0.4) is 0 Å². The van der Waals surface area contributed by atoms with Gasteiger partial charge in [-0.3, -0.25) is 4.68 Å². The lowest BCUT2D eigenvalue weighted by Crippen LogP contribution is -2.16. The first-order chi connectivity index (χ1) is 12.4. The summed E-state index contributed by atoms with van der Waals surface area (Å²) in [6, 6.07) is 7.02. The van der Waals surface area contributed by atoms with Gasteiger partial charge in [-0.1, -0.05) is 17.3 Å². The molecule has 5 nitrogen and oxygen atoms in total. The van der Waals surface area contributed by atoms with Gasteiger partial charge in [-0.15, -0.1) is 0 Å². The van der Waals surface area contributed by atoms with Crippen molar-refractivity contribution in [2.45, 2.75) is 37.9 Å². The third kappa shape index (κ3) is 3.33. The molecule has 0 N–H and O–H groups in total. The molecule has 0 spiro atoms. The van der Waals surface area contributed by atoms with Crippen molar-refractivity contribution >= 4 is 0 Å². The fourth-order valence-corrected chi connectivity index (χ4v) is 2.72. The molecule has 0 amide bonds. The van der Waals surface area contributed by atoms with Gasteiger partial charge in [0.25, 0.3) is 5.89 Å². The molecule has 9 heteroatoms. The Bertz CT molecular complexity index is 927. The molecule has 1 aromatic carbocycles. The fraction of sp³-hybridized carbons (Fsp3) is 0.353. The average Bonchev–Trinajstić information content (AvgIpc) is 3.17. The minimum Gasteiger partial charge on any atom is -0.334 e. The smallest absolute Gasteiger partial charge is 0.334 e. The highest BCUT2D eigenvalue weighted by atomic mass is 19.4. The summed E-state index contributed by atoms with van der Waals surface area (Å²) in [5, 5.41) is 7.80. The Kier molecular flexibility index (Phi) is 4.01. The van der Waals surface area contributed by atoms with E-state index in [2.05, 4.69) is 15.2 Å². The van der Waals surface area contributed by atoms with Crippen molar-refractivity contribution in [3.63, 3.8) is 0 Å². The summed E-state index contributed by atoms with van der Waals surface area (Å²) in [5.41, 5.74) is -0.160. The summed E-state index contributed by atoms with van der Waals surface area (Å²) >= 11 is 0. The number of hydrogen-bond acceptors (Lipinski definition) is 4. The molecule has 0 aliphatic heterocycles. The number of halogens is 4. The second-order valence-electron chi connectivity index (χ2n) is 6.20. The van der Waals surface area contributed by atoms with Gasteiger partial charge >= 0.3 is 6.18 Å². The lowest BCUT2D eigenvalue weighted by atomic mass is 10.2. The zero-order chi connectivity index (χ0) is 18.3. The SMILES string of the molecule is Fc1ccccc1-c1nc(CCn2nc(C3CC3)cc2C(F)(F)F)no1. The van der Waals surface area contributed by atoms with E-state index in [4.69, 9.17) is 4.52 Å². The van der Waals surface area contributed by atoms with Gasteiger partial charge in [-0.2, -0.15) is 23.3 Å². The van der Waals surface area contributed by atoms with Gasteiger partial charge in [0.05, 0.1) is 11.3 Å². The van der Waals surface area contributed by atoms with Gasteiger partial charge in [0.2, 0.25) is 0 Å². The number of aromatic nitrogens is 4. The quantitative estimate of drug-likeness (QED) is 0.635. The molecular formula is C17H14F4N4O.